The summed E-state index contributed by atoms with van der Waals surface area (Å²) in [7, 11) is 1.55. The first-order valence-electron chi connectivity index (χ1n) is 4.18. The van der Waals surface area contributed by atoms with Crippen LogP contribution in [0.2, 0.25) is 0 Å². The topological polar surface area (TPSA) is 49.4 Å². The maximum atomic E-state index is 10.4. The summed E-state index contributed by atoms with van der Waals surface area (Å²) in [5.74, 6) is -0.545. The fourth-order valence-electron chi connectivity index (χ4n) is 1.22. The summed E-state index contributed by atoms with van der Waals surface area (Å²) < 4.78 is 5.09. The van der Waals surface area contributed by atoms with Gasteiger partial charge in [-0.05, 0) is 24.6 Å². The van der Waals surface area contributed by atoms with Crippen LogP contribution < -0.4 is 39.4 Å². The van der Waals surface area contributed by atoms with E-state index in [1.54, 1.807) is 26.2 Å². The number of para-hydroxylation sites is 1. The van der Waals surface area contributed by atoms with Gasteiger partial charge in [0.1, 0.15) is 5.75 Å². The second-order valence-electron chi connectivity index (χ2n) is 2.85. The summed E-state index contributed by atoms with van der Waals surface area (Å²) in [6.45, 7) is 1.70. The minimum atomic E-state index is -1.20. The van der Waals surface area contributed by atoms with Crippen LogP contribution in [0.3, 0.4) is 0 Å². The fraction of sp³-hybridized carbons (Fsp3) is 0.182. The molecular formula is C11H11NaO3. The van der Waals surface area contributed by atoms with E-state index in [0.717, 1.165) is 11.6 Å². The molecule has 0 amide bonds. The van der Waals surface area contributed by atoms with Crippen LogP contribution in [-0.4, -0.2) is 13.1 Å². The number of allylic oxidation sites excluding steroid dienone is 1. The number of carbonyl (C=O) groups excluding carboxylic acids is 1. The first-order valence-corrected chi connectivity index (χ1v) is 4.18. The van der Waals surface area contributed by atoms with E-state index in [1.807, 2.05) is 12.1 Å². The number of hydrogen-bond acceptors (Lipinski definition) is 3. The number of hydrogen-bond donors (Lipinski definition) is 0. The van der Waals surface area contributed by atoms with Gasteiger partial charge in [0.05, 0.1) is 13.1 Å². The van der Waals surface area contributed by atoms with E-state index in [-0.39, 0.29) is 29.6 Å². The summed E-state index contributed by atoms with van der Waals surface area (Å²) >= 11 is 0. The van der Waals surface area contributed by atoms with Crippen LogP contribution in [-0.2, 0) is 4.79 Å². The molecule has 0 bridgehead atoms. The normalized spacial score (nSPS) is 10.4. The van der Waals surface area contributed by atoms with E-state index in [0.29, 0.717) is 11.3 Å². The molecule has 0 aromatic heterocycles. The molecule has 3 nitrogen and oxygen atoms in total. The minimum Gasteiger partial charge on any atom is -0.545 e. The van der Waals surface area contributed by atoms with Gasteiger partial charge in [0, 0.05) is 5.56 Å². The van der Waals surface area contributed by atoms with Crippen LogP contribution in [0.15, 0.2) is 30.3 Å². The van der Waals surface area contributed by atoms with Crippen LogP contribution in [0.5, 0.6) is 5.75 Å². The number of carboxylic acid groups (broad SMARTS) is 1. The maximum absolute atomic E-state index is 10.4. The zero-order chi connectivity index (χ0) is 10.6. The Bertz CT molecular complexity index is 372. The molecule has 0 aliphatic carbocycles. The molecule has 0 heterocycles. The zero-order valence-electron chi connectivity index (χ0n) is 9.11. The molecule has 0 saturated heterocycles. The van der Waals surface area contributed by atoms with Gasteiger partial charge >= 0.3 is 29.6 Å². The van der Waals surface area contributed by atoms with Crippen molar-refractivity contribution in [3.8, 4) is 5.75 Å². The summed E-state index contributed by atoms with van der Waals surface area (Å²) in [6, 6.07) is 7.23. The Morgan fingerprint density at radius 1 is 1.40 bits per heavy atom. The van der Waals surface area contributed by atoms with Crippen molar-refractivity contribution in [1.82, 2.24) is 0 Å². The largest absolute Gasteiger partial charge is 1.00 e. The maximum Gasteiger partial charge on any atom is 1.00 e. The number of benzene rings is 1. The Morgan fingerprint density at radius 2 is 2.00 bits per heavy atom. The van der Waals surface area contributed by atoms with Crippen LogP contribution in [0, 0.1) is 0 Å². The molecular weight excluding hydrogens is 203 g/mol. The number of carboxylic acids is 1. The van der Waals surface area contributed by atoms with Crippen molar-refractivity contribution in [2.75, 3.05) is 7.11 Å². The average molecular weight is 214 g/mol. The smallest absolute Gasteiger partial charge is 0.545 e. The quantitative estimate of drug-likeness (QED) is 0.426. The van der Waals surface area contributed by atoms with Gasteiger partial charge in [-0.2, -0.15) is 0 Å². The number of carbonyl (C=O) groups is 1. The van der Waals surface area contributed by atoms with Crippen molar-refractivity contribution in [3.63, 3.8) is 0 Å². The Labute approximate surface area is 111 Å². The minimum absolute atomic E-state index is 0. The Balaban J connectivity index is 0.00000196. The van der Waals surface area contributed by atoms with E-state index < -0.39 is 5.97 Å². The molecule has 0 unspecified atom stereocenters. The van der Waals surface area contributed by atoms with Crippen LogP contribution in [0.4, 0.5) is 0 Å². The average Bonchev–Trinajstić information content (AvgIpc) is 2.16. The molecule has 4 heteroatoms. The molecule has 0 aliphatic rings. The van der Waals surface area contributed by atoms with Crippen molar-refractivity contribution in [2.24, 2.45) is 0 Å². The van der Waals surface area contributed by atoms with Crippen LogP contribution in [0.25, 0.3) is 5.57 Å². The van der Waals surface area contributed by atoms with E-state index in [9.17, 15) is 9.90 Å². The first kappa shape index (κ1) is 14.2. The van der Waals surface area contributed by atoms with Gasteiger partial charge in [0.15, 0.2) is 0 Å². The monoisotopic (exact) mass is 214 g/mol. The van der Waals surface area contributed by atoms with Gasteiger partial charge in [0.25, 0.3) is 0 Å². The van der Waals surface area contributed by atoms with Crippen molar-refractivity contribution in [2.45, 2.75) is 6.92 Å². The van der Waals surface area contributed by atoms with Gasteiger partial charge in [-0.1, -0.05) is 18.2 Å². The number of rotatable bonds is 3. The predicted molar refractivity (Wildman–Crippen MR) is 51.7 cm³/mol. The molecule has 0 spiro atoms. The van der Waals surface area contributed by atoms with Gasteiger partial charge in [-0.15, -0.1) is 0 Å². The molecule has 0 fully saturated rings. The number of aliphatic carboxylic acids is 1. The Morgan fingerprint density at radius 3 is 2.53 bits per heavy atom. The summed E-state index contributed by atoms with van der Waals surface area (Å²) in [4.78, 5) is 10.4. The van der Waals surface area contributed by atoms with Gasteiger partial charge in [-0.25, -0.2) is 0 Å². The molecule has 1 rings (SSSR count). The van der Waals surface area contributed by atoms with Crippen molar-refractivity contribution < 1.29 is 44.2 Å². The third-order valence-corrected chi connectivity index (χ3v) is 1.87. The zero-order valence-corrected chi connectivity index (χ0v) is 11.1. The third-order valence-electron chi connectivity index (χ3n) is 1.87. The third kappa shape index (κ3) is 4.08. The molecule has 0 radical (unpaired) electrons. The summed E-state index contributed by atoms with van der Waals surface area (Å²) in [6.07, 6.45) is 1.05. The number of methoxy groups -OCH3 is 1. The first-order chi connectivity index (χ1) is 6.65. The standard InChI is InChI=1S/C11H12O3.Na/c1-8(7-11(12)13)9-5-3-4-6-10(9)14-2;/h3-7H,1-2H3,(H,12,13);/q;+1/p-1. The molecule has 0 aliphatic heterocycles. The molecule has 0 saturated carbocycles. The van der Waals surface area contributed by atoms with Crippen molar-refractivity contribution in [1.29, 1.82) is 0 Å². The van der Waals surface area contributed by atoms with E-state index in [4.69, 9.17) is 4.74 Å². The summed E-state index contributed by atoms with van der Waals surface area (Å²) in [5, 5.41) is 10.4. The Hall–Kier alpha value is -0.770. The molecule has 1 aromatic carbocycles. The second-order valence-corrected chi connectivity index (χ2v) is 2.85. The van der Waals surface area contributed by atoms with Gasteiger partial charge in [0.2, 0.25) is 0 Å². The van der Waals surface area contributed by atoms with Crippen molar-refractivity contribution in [3.05, 3.63) is 35.9 Å². The number of ether oxygens (including phenoxy) is 1. The van der Waals surface area contributed by atoms with Gasteiger partial charge < -0.3 is 14.6 Å². The van der Waals surface area contributed by atoms with Gasteiger partial charge in [-0.3, -0.25) is 0 Å². The molecule has 15 heavy (non-hydrogen) atoms. The van der Waals surface area contributed by atoms with E-state index >= 15 is 0 Å². The van der Waals surface area contributed by atoms with E-state index in [2.05, 4.69) is 0 Å². The van der Waals surface area contributed by atoms with Crippen molar-refractivity contribution >= 4 is 11.5 Å². The molecule has 0 atom stereocenters. The molecule has 0 N–H and O–H groups in total. The predicted octanol–water partition coefficient (Wildman–Crippen LogP) is -2.15. The fourth-order valence-corrected chi connectivity index (χ4v) is 1.22. The molecule has 1 aromatic rings. The second kappa shape index (κ2) is 6.67. The summed E-state index contributed by atoms with van der Waals surface area (Å²) in [5.41, 5.74) is 1.38. The SMILES string of the molecule is COc1ccccc1C(C)=CC(=O)[O-].[Na+]. The van der Waals surface area contributed by atoms with E-state index in [1.165, 1.54) is 0 Å². The van der Waals surface area contributed by atoms with Crippen LogP contribution in [0.1, 0.15) is 12.5 Å². The Kier molecular flexibility index (Phi) is 6.32. The molecule has 74 valence electrons. The van der Waals surface area contributed by atoms with Crippen LogP contribution >= 0.6 is 0 Å².